The zero-order valence-corrected chi connectivity index (χ0v) is 11.3. The maximum atomic E-state index is 11.7. The lowest BCUT2D eigenvalue weighted by Gasteiger charge is -2.24. The van der Waals surface area contributed by atoms with Gasteiger partial charge >= 0.3 is 5.97 Å². The number of carbonyl (C=O) groups excluding carboxylic acids is 2. The molecule has 3 N–H and O–H groups in total. The molecule has 1 aliphatic rings. The van der Waals surface area contributed by atoms with E-state index in [4.69, 9.17) is 10.8 Å². The Labute approximate surface area is 118 Å². The molecule has 7 nitrogen and oxygen atoms in total. The van der Waals surface area contributed by atoms with Gasteiger partial charge in [-0.25, -0.2) is 9.79 Å². The zero-order valence-electron chi connectivity index (χ0n) is 9.69. The third-order valence-corrected chi connectivity index (χ3v) is 3.39. The SMILES string of the molecule is CN1C(=O)C(=O)C(C(=O)O)N=C1c1sccc1N.Cl. The predicted molar refractivity (Wildman–Crippen MR) is 71.7 cm³/mol. The molecule has 2 heterocycles. The molecule has 0 radical (unpaired) electrons. The summed E-state index contributed by atoms with van der Waals surface area (Å²) < 4.78 is 0. The second-order valence-electron chi connectivity index (χ2n) is 3.63. The van der Waals surface area contributed by atoms with Crippen LogP contribution in [0.2, 0.25) is 0 Å². The van der Waals surface area contributed by atoms with Gasteiger partial charge in [-0.05, 0) is 11.4 Å². The molecule has 1 aromatic heterocycles. The van der Waals surface area contributed by atoms with E-state index in [9.17, 15) is 14.4 Å². The number of likely N-dealkylation sites (N-methyl/N-ethyl adjacent to an activating group) is 1. The highest BCUT2D eigenvalue weighted by atomic mass is 35.5. The number of carbonyl (C=O) groups is 3. The molecule has 0 fully saturated rings. The zero-order chi connectivity index (χ0) is 13.4. The van der Waals surface area contributed by atoms with Crippen molar-refractivity contribution in [2.45, 2.75) is 6.04 Å². The Morgan fingerprint density at radius 2 is 2.16 bits per heavy atom. The van der Waals surface area contributed by atoms with Crippen molar-refractivity contribution < 1.29 is 19.5 Å². The highest BCUT2D eigenvalue weighted by Crippen LogP contribution is 2.24. The van der Waals surface area contributed by atoms with Crippen LogP contribution in [0.15, 0.2) is 16.4 Å². The van der Waals surface area contributed by atoms with Crippen molar-refractivity contribution in [3.63, 3.8) is 0 Å². The van der Waals surface area contributed by atoms with Gasteiger partial charge in [-0.3, -0.25) is 14.5 Å². The van der Waals surface area contributed by atoms with Crippen LogP contribution in [0.1, 0.15) is 4.88 Å². The lowest BCUT2D eigenvalue weighted by molar-refractivity contribution is -0.149. The Balaban J connectivity index is 0.00000180. The first kappa shape index (κ1) is 15.1. The van der Waals surface area contributed by atoms with Crippen LogP contribution in [0.3, 0.4) is 0 Å². The number of ketones is 1. The van der Waals surface area contributed by atoms with Gasteiger partial charge in [-0.15, -0.1) is 23.7 Å². The van der Waals surface area contributed by atoms with Gasteiger partial charge in [0.15, 0.2) is 5.84 Å². The fourth-order valence-electron chi connectivity index (χ4n) is 1.53. The molecule has 19 heavy (non-hydrogen) atoms. The topological polar surface area (TPSA) is 113 Å². The van der Waals surface area contributed by atoms with Gasteiger partial charge in [-0.1, -0.05) is 0 Å². The Morgan fingerprint density at radius 1 is 1.53 bits per heavy atom. The maximum absolute atomic E-state index is 11.7. The minimum Gasteiger partial charge on any atom is -0.479 e. The number of carboxylic acid groups (broad SMARTS) is 1. The van der Waals surface area contributed by atoms with E-state index in [1.807, 2.05) is 0 Å². The molecule has 1 unspecified atom stereocenters. The van der Waals surface area contributed by atoms with Crippen molar-refractivity contribution in [1.29, 1.82) is 0 Å². The maximum Gasteiger partial charge on any atom is 0.336 e. The van der Waals surface area contributed by atoms with Crippen molar-refractivity contribution in [2.75, 3.05) is 12.8 Å². The van der Waals surface area contributed by atoms with E-state index < -0.39 is 23.7 Å². The molecule has 0 bridgehead atoms. The molecule has 9 heteroatoms. The Morgan fingerprint density at radius 3 is 2.63 bits per heavy atom. The van der Waals surface area contributed by atoms with Crippen LogP contribution < -0.4 is 5.73 Å². The Bertz CT molecular complexity index is 583. The van der Waals surface area contributed by atoms with E-state index in [1.165, 1.54) is 18.4 Å². The number of amides is 1. The van der Waals surface area contributed by atoms with Gasteiger partial charge in [0.25, 0.3) is 11.7 Å². The number of hydrogen-bond donors (Lipinski definition) is 2. The van der Waals surface area contributed by atoms with Gasteiger partial charge in [0.2, 0.25) is 6.04 Å². The van der Waals surface area contributed by atoms with Crippen LogP contribution in [0.5, 0.6) is 0 Å². The third kappa shape index (κ3) is 2.45. The smallest absolute Gasteiger partial charge is 0.336 e. The van der Waals surface area contributed by atoms with Gasteiger partial charge in [0, 0.05) is 7.05 Å². The summed E-state index contributed by atoms with van der Waals surface area (Å²) in [4.78, 5) is 39.3. The number of nitrogens with zero attached hydrogens (tertiary/aromatic N) is 2. The van der Waals surface area contributed by atoms with Gasteiger partial charge < -0.3 is 10.8 Å². The molecular weight excluding hydrogens is 294 g/mol. The molecule has 1 amide bonds. The highest BCUT2D eigenvalue weighted by molar-refractivity contribution is 7.12. The molecular formula is C10H10ClN3O4S. The molecule has 1 aliphatic heterocycles. The van der Waals surface area contributed by atoms with E-state index in [0.717, 1.165) is 4.90 Å². The number of nitrogen functional groups attached to an aromatic ring is 1. The van der Waals surface area contributed by atoms with Gasteiger partial charge in [0.05, 0.1) is 10.6 Å². The number of aliphatic carboxylic acids is 1. The molecule has 102 valence electrons. The van der Waals surface area contributed by atoms with Crippen molar-refractivity contribution in [1.82, 2.24) is 4.90 Å². The molecule has 0 spiro atoms. The molecule has 1 aromatic rings. The average Bonchev–Trinajstić information content (AvgIpc) is 2.72. The summed E-state index contributed by atoms with van der Waals surface area (Å²) in [6.45, 7) is 0. The summed E-state index contributed by atoms with van der Waals surface area (Å²) in [5.74, 6) is -3.29. The highest BCUT2D eigenvalue weighted by Gasteiger charge is 2.40. The van der Waals surface area contributed by atoms with Crippen LogP contribution in [0.25, 0.3) is 0 Å². The molecule has 2 rings (SSSR count). The quantitative estimate of drug-likeness (QED) is 0.589. The number of rotatable bonds is 2. The predicted octanol–water partition coefficient (Wildman–Crippen LogP) is -0.00700. The summed E-state index contributed by atoms with van der Waals surface area (Å²) in [7, 11) is 1.36. The number of hydrogen-bond acceptors (Lipinski definition) is 6. The number of halogens is 1. The molecule has 0 saturated carbocycles. The number of aliphatic imine (C=N–C) groups is 1. The van der Waals surface area contributed by atoms with E-state index in [-0.39, 0.29) is 18.2 Å². The molecule has 1 atom stereocenters. The van der Waals surface area contributed by atoms with E-state index in [2.05, 4.69) is 4.99 Å². The summed E-state index contributed by atoms with van der Waals surface area (Å²) in [5.41, 5.74) is 6.08. The second kappa shape index (κ2) is 5.37. The molecule has 0 saturated heterocycles. The number of Topliss-reactive ketones (excluding diaryl/α,β-unsaturated/α-hetero) is 1. The van der Waals surface area contributed by atoms with Crippen molar-refractivity contribution >= 4 is 52.9 Å². The standard InChI is InChI=1S/C10H9N3O4S.ClH/c1-13-8(7-4(11)2-3-18-7)12-5(10(16)17)6(14)9(13)15;/h2-3,5H,11H2,1H3,(H,16,17);1H. The number of thiophene rings is 1. The lowest BCUT2D eigenvalue weighted by Crippen LogP contribution is -2.50. The second-order valence-corrected chi connectivity index (χ2v) is 4.54. The molecule has 0 aliphatic carbocycles. The fraction of sp³-hybridized carbons (Fsp3) is 0.200. The van der Waals surface area contributed by atoms with Crippen LogP contribution in [-0.2, 0) is 14.4 Å². The number of carboxylic acids is 1. The van der Waals surface area contributed by atoms with E-state index in [1.54, 1.807) is 11.4 Å². The first-order valence-corrected chi connectivity index (χ1v) is 5.77. The third-order valence-electron chi connectivity index (χ3n) is 2.47. The number of anilines is 1. The van der Waals surface area contributed by atoms with Crippen LogP contribution in [0.4, 0.5) is 5.69 Å². The number of nitrogens with two attached hydrogens (primary N) is 1. The first-order valence-electron chi connectivity index (χ1n) is 4.89. The molecule has 0 aromatic carbocycles. The van der Waals surface area contributed by atoms with Gasteiger partial charge in [0.1, 0.15) is 0 Å². The summed E-state index contributed by atoms with van der Waals surface area (Å²) in [6, 6.07) is -0.0715. The van der Waals surface area contributed by atoms with Gasteiger partial charge in [-0.2, -0.15) is 0 Å². The largest absolute Gasteiger partial charge is 0.479 e. The fourth-order valence-corrected chi connectivity index (χ4v) is 2.38. The Hall–Kier alpha value is -1.93. The van der Waals surface area contributed by atoms with Crippen LogP contribution in [-0.4, -0.2) is 46.6 Å². The van der Waals surface area contributed by atoms with Crippen molar-refractivity contribution in [2.24, 2.45) is 4.99 Å². The van der Waals surface area contributed by atoms with Crippen molar-refractivity contribution in [3.8, 4) is 0 Å². The minimum atomic E-state index is -1.69. The lowest BCUT2D eigenvalue weighted by atomic mass is 10.1. The minimum absolute atomic E-state index is 0. The normalized spacial score (nSPS) is 18.9. The van der Waals surface area contributed by atoms with Crippen molar-refractivity contribution in [3.05, 3.63) is 16.3 Å². The monoisotopic (exact) mass is 303 g/mol. The first-order chi connectivity index (χ1) is 8.43. The van der Waals surface area contributed by atoms with E-state index in [0.29, 0.717) is 10.6 Å². The number of amidine groups is 1. The average molecular weight is 304 g/mol. The van der Waals surface area contributed by atoms with E-state index >= 15 is 0 Å². The summed E-state index contributed by atoms with van der Waals surface area (Å²) >= 11 is 1.22. The summed E-state index contributed by atoms with van der Waals surface area (Å²) in [5, 5.41) is 10.6. The Kier molecular flexibility index (Phi) is 4.28. The summed E-state index contributed by atoms with van der Waals surface area (Å²) in [6.07, 6.45) is 0. The van der Waals surface area contributed by atoms with Crippen LogP contribution in [0, 0.1) is 0 Å². The van der Waals surface area contributed by atoms with Crippen LogP contribution >= 0.6 is 23.7 Å².